The Morgan fingerprint density at radius 1 is 1.27 bits per heavy atom. The van der Waals surface area contributed by atoms with E-state index in [4.69, 9.17) is 4.52 Å². The van der Waals surface area contributed by atoms with Crippen LogP contribution in [-0.4, -0.2) is 57.0 Å². The zero-order valence-corrected chi connectivity index (χ0v) is 13.6. The molecule has 2 aromatic rings. The van der Waals surface area contributed by atoms with Gasteiger partial charge in [-0.25, -0.2) is 4.98 Å². The highest BCUT2D eigenvalue weighted by Gasteiger charge is 2.22. The number of aryl methyl sites for hydroxylation is 2. The summed E-state index contributed by atoms with van der Waals surface area (Å²) in [6.07, 6.45) is 0.397. The highest BCUT2D eigenvalue weighted by molar-refractivity contribution is 7.09. The van der Waals surface area contributed by atoms with Crippen molar-refractivity contribution in [3.63, 3.8) is 0 Å². The third-order valence-corrected chi connectivity index (χ3v) is 4.48. The Morgan fingerprint density at radius 3 is 2.64 bits per heavy atom. The Bertz CT molecular complexity index is 645. The molecule has 0 unspecified atom stereocenters. The van der Waals surface area contributed by atoms with Crippen LogP contribution in [0.2, 0.25) is 0 Å². The molecule has 3 rings (SSSR count). The van der Waals surface area contributed by atoms with E-state index in [1.165, 1.54) is 0 Å². The number of carbonyl (C=O) groups is 1. The van der Waals surface area contributed by atoms with Crippen LogP contribution in [0.4, 0.5) is 0 Å². The number of hydrogen-bond acceptors (Lipinski definition) is 7. The molecule has 7 nitrogen and oxygen atoms in total. The van der Waals surface area contributed by atoms with Gasteiger partial charge in [0.2, 0.25) is 11.8 Å². The van der Waals surface area contributed by atoms with Crippen molar-refractivity contribution in [1.29, 1.82) is 0 Å². The SMILES string of the molecule is Cc1nc(CN2CCN(C(=O)Cc3csc(C)n3)CC2)no1. The zero-order valence-electron chi connectivity index (χ0n) is 12.8. The average molecular weight is 321 g/mol. The number of carbonyl (C=O) groups excluding carboxylic acids is 1. The number of rotatable bonds is 4. The Labute approximate surface area is 132 Å². The van der Waals surface area contributed by atoms with E-state index in [1.807, 2.05) is 17.2 Å². The maximum Gasteiger partial charge on any atom is 0.228 e. The van der Waals surface area contributed by atoms with Gasteiger partial charge in [-0.2, -0.15) is 4.98 Å². The minimum atomic E-state index is 0.153. The molecule has 0 saturated carbocycles. The van der Waals surface area contributed by atoms with Crippen LogP contribution in [0.15, 0.2) is 9.90 Å². The summed E-state index contributed by atoms with van der Waals surface area (Å²) in [5.74, 6) is 1.44. The van der Waals surface area contributed by atoms with Crippen molar-refractivity contribution >= 4 is 17.2 Å². The maximum atomic E-state index is 12.3. The normalized spacial score (nSPS) is 16.2. The molecule has 0 bridgehead atoms. The second-order valence-electron chi connectivity index (χ2n) is 5.42. The molecule has 1 aliphatic rings. The van der Waals surface area contributed by atoms with Gasteiger partial charge in [0.15, 0.2) is 5.82 Å². The Morgan fingerprint density at radius 2 is 2.05 bits per heavy atom. The molecule has 1 amide bonds. The van der Waals surface area contributed by atoms with E-state index in [0.717, 1.165) is 36.9 Å². The van der Waals surface area contributed by atoms with Crippen molar-refractivity contribution in [1.82, 2.24) is 24.9 Å². The van der Waals surface area contributed by atoms with E-state index in [0.29, 0.717) is 24.7 Å². The molecular weight excluding hydrogens is 302 g/mol. The first-order valence-electron chi connectivity index (χ1n) is 7.30. The predicted octanol–water partition coefficient (Wildman–Crippen LogP) is 1.03. The second-order valence-corrected chi connectivity index (χ2v) is 6.48. The van der Waals surface area contributed by atoms with Gasteiger partial charge in [-0.1, -0.05) is 5.16 Å². The predicted molar refractivity (Wildman–Crippen MR) is 81.4 cm³/mol. The number of aromatic nitrogens is 3. The summed E-state index contributed by atoms with van der Waals surface area (Å²) in [7, 11) is 0. The number of hydrogen-bond donors (Lipinski definition) is 0. The topological polar surface area (TPSA) is 75.4 Å². The van der Waals surface area contributed by atoms with Crippen LogP contribution in [0.3, 0.4) is 0 Å². The number of thiazole rings is 1. The average Bonchev–Trinajstić information content (AvgIpc) is 3.08. The number of piperazine rings is 1. The van der Waals surface area contributed by atoms with Gasteiger partial charge < -0.3 is 9.42 Å². The largest absolute Gasteiger partial charge is 0.340 e. The lowest BCUT2D eigenvalue weighted by molar-refractivity contribution is -0.132. The van der Waals surface area contributed by atoms with Gasteiger partial charge in [0.05, 0.1) is 23.7 Å². The molecule has 0 spiro atoms. The Hall–Kier alpha value is -1.80. The zero-order chi connectivity index (χ0) is 15.5. The van der Waals surface area contributed by atoms with E-state index in [1.54, 1.807) is 18.3 Å². The minimum absolute atomic E-state index is 0.153. The molecule has 1 fully saturated rings. The van der Waals surface area contributed by atoms with Gasteiger partial charge >= 0.3 is 0 Å². The summed E-state index contributed by atoms with van der Waals surface area (Å²) < 4.78 is 4.98. The summed E-state index contributed by atoms with van der Waals surface area (Å²) in [5.41, 5.74) is 0.872. The fourth-order valence-electron chi connectivity index (χ4n) is 2.52. The van der Waals surface area contributed by atoms with Crippen LogP contribution in [0.25, 0.3) is 0 Å². The smallest absolute Gasteiger partial charge is 0.228 e. The van der Waals surface area contributed by atoms with Gasteiger partial charge in [-0.05, 0) is 6.92 Å². The van der Waals surface area contributed by atoms with Crippen LogP contribution < -0.4 is 0 Å². The molecule has 0 radical (unpaired) electrons. The van der Waals surface area contributed by atoms with E-state index in [-0.39, 0.29) is 5.91 Å². The van der Waals surface area contributed by atoms with Gasteiger partial charge in [-0.15, -0.1) is 11.3 Å². The van der Waals surface area contributed by atoms with Crippen LogP contribution in [0, 0.1) is 13.8 Å². The third kappa shape index (κ3) is 3.69. The summed E-state index contributed by atoms with van der Waals surface area (Å²) in [4.78, 5) is 25.0. The molecule has 22 heavy (non-hydrogen) atoms. The van der Waals surface area contributed by atoms with Crippen LogP contribution in [0.5, 0.6) is 0 Å². The maximum absolute atomic E-state index is 12.3. The molecule has 8 heteroatoms. The fourth-order valence-corrected chi connectivity index (χ4v) is 3.13. The highest BCUT2D eigenvalue weighted by Crippen LogP contribution is 2.11. The van der Waals surface area contributed by atoms with Crippen molar-refractivity contribution < 1.29 is 9.32 Å². The molecule has 0 atom stereocenters. The number of amides is 1. The van der Waals surface area contributed by atoms with Crippen LogP contribution in [0.1, 0.15) is 22.4 Å². The van der Waals surface area contributed by atoms with Gasteiger partial charge in [0.25, 0.3) is 0 Å². The number of nitrogens with zero attached hydrogens (tertiary/aromatic N) is 5. The van der Waals surface area contributed by atoms with Gasteiger partial charge in [-0.3, -0.25) is 9.69 Å². The first-order valence-corrected chi connectivity index (χ1v) is 8.18. The molecule has 0 aromatic carbocycles. The quantitative estimate of drug-likeness (QED) is 0.837. The van der Waals surface area contributed by atoms with Crippen molar-refractivity contribution in [2.75, 3.05) is 26.2 Å². The summed E-state index contributed by atoms with van der Waals surface area (Å²) >= 11 is 1.58. The van der Waals surface area contributed by atoms with Crippen molar-refractivity contribution in [3.05, 3.63) is 27.8 Å². The summed E-state index contributed by atoms with van der Waals surface area (Å²) in [6, 6.07) is 0. The molecule has 0 aliphatic carbocycles. The van der Waals surface area contributed by atoms with E-state index in [2.05, 4.69) is 20.0 Å². The van der Waals surface area contributed by atoms with E-state index >= 15 is 0 Å². The molecule has 2 aromatic heterocycles. The molecule has 0 N–H and O–H groups in total. The first kappa shape index (κ1) is 15.1. The van der Waals surface area contributed by atoms with Crippen molar-refractivity contribution in [3.8, 4) is 0 Å². The molecule has 1 saturated heterocycles. The Balaban J connectivity index is 1.47. The van der Waals surface area contributed by atoms with Crippen molar-refractivity contribution in [2.24, 2.45) is 0 Å². The molecular formula is C14H19N5O2S. The highest BCUT2D eigenvalue weighted by atomic mass is 32.1. The molecule has 1 aliphatic heterocycles. The lowest BCUT2D eigenvalue weighted by Crippen LogP contribution is -2.48. The molecule has 118 valence electrons. The second kappa shape index (κ2) is 6.53. The van der Waals surface area contributed by atoms with Crippen LogP contribution >= 0.6 is 11.3 Å². The van der Waals surface area contributed by atoms with Crippen LogP contribution in [-0.2, 0) is 17.8 Å². The Kier molecular flexibility index (Phi) is 4.49. The van der Waals surface area contributed by atoms with E-state index in [9.17, 15) is 4.79 Å². The fraction of sp³-hybridized carbons (Fsp3) is 0.571. The molecule has 3 heterocycles. The third-order valence-electron chi connectivity index (χ3n) is 3.66. The first-order chi connectivity index (χ1) is 10.6. The van der Waals surface area contributed by atoms with Gasteiger partial charge in [0, 0.05) is 38.5 Å². The minimum Gasteiger partial charge on any atom is -0.340 e. The summed E-state index contributed by atoms with van der Waals surface area (Å²) in [5, 5.41) is 6.87. The van der Waals surface area contributed by atoms with E-state index < -0.39 is 0 Å². The summed E-state index contributed by atoms with van der Waals surface area (Å²) in [6.45, 7) is 7.54. The van der Waals surface area contributed by atoms with Crippen molar-refractivity contribution in [2.45, 2.75) is 26.8 Å². The lowest BCUT2D eigenvalue weighted by Gasteiger charge is -2.34. The van der Waals surface area contributed by atoms with Gasteiger partial charge in [0.1, 0.15) is 0 Å². The monoisotopic (exact) mass is 321 g/mol. The standard InChI is InChI=1S/C14H19N5O2S/c1-10-15-13(17-21-10)8-18-3-5-19(6-4-18)14(20)7-12-9-22-11(2)16-12/h9H,3-8H2,1-2H3. The lowest BCUT2D eigenvalue weighted by atomic mass is 10.2.